The number of hydrogen-bond donors (Lipinski definition) is 3. The highest BCUT2D eigenvalue weighted by Gasteiger charge is 2.30. The number of anilines is 3. The second kappa shape index (κ2) is 9.33. The van der Waals surface area contributed by atoms with Gasteiger partial charge in [0, 0.05) is 22.8 Å². The van der Waals surface area contributed by atoms with Gasteiger partial charge in [-0.25, -0.2) is 23.5 Å². The first-order valence-corrected chi connectivity index (χ1v) is 9.86. The molecule has 7 nitrogen and oxygen atoms in total. The number of fused-ring (bicyclic) bond motifs is 1. The van der Waals surface area contributed by atoms with E-state index in [1.54, 1.807) is 0 Å². The second-order valence-corrected chi connectivity index (χ2v) is 7.19. The Bertz CT molecular complexity index is 1440. The summed E-state index contributed by atoms with van der Waals surface area (Å²) in [7, 11) is 0. The van der Waals surface area contributed by atoms with Crippen molar-refractivity contribution in [1.29, 1.82) is 0 Å². The topological polar surface area (TPSA) is 96.0 Å². The van der Waals surface area contributed by atoms with Gasteiger partial charge in [0.1, 0.15) is 23.8 Å². The van der Waals surface area contributed by atoms with Crippen LogP contribution in [0.15, 0.2) is 67.0 Å². The van der Waals surface area contributed by atoms with Crippen molar-refractivity contribution in [2.45, 2.75) is 6.18 Å². The summed E-state index contributed by atoms with van der Waals surface area (Å²) in [5.41, 5.74) is -0.631. The van der Waals surface area contributed by atoms with Gasteiger partial charge in [-0.05, 0) is 48.5 Å². The molecule has 0 saturated carbocycles. The normalized spacial score (nSPS) is 11.2. The van der Waals surface area contributed by atoms with E-state index >= 15 is 0 Å². The summed E-state index contributed by atoms with van der Waals surface area (Å²) >= 11 is 0. The van der Waals surface area contributed by atoms with E-state index < -0.39 is 40.9 Å². The van der Waals surface area contributed by atoms with Crippen LogP contribution in [-0.4, -0.2) is 21.9 Å². The summed E-state index contributed by atoms with van der Waals surface area (Å²) in [6, 6.07) is 10.3. The summed E-state index contributed by atoms with van der Waals surface area (Å²) in [4.78, 5) is 32.4. The smallest absolute Gasteiger partial charge is 0.340 e. The number of nitrogens with one attached hydrogen (secondary N) is 3. The third-order valence-electron chi connectivity index (χ3n) is 4.75. The number of aromatic nitrogens is 2. The van der Waals surface area contributed by atoms with Crippen LogP contribution in [0.25, 0.3) is 10.9 Å². The molecule has 3 amide bonds. The Kier molecular flexibility index (Phi) is 6.28. The molecule has 3 N–H and O–H groups in total. The number of hydrogen-bond acceptors (Lipinski definition) is 5. The van der Waals surface area contributed by atoms with Crippen molar-refractivity contribution < 1.29 is 31.5 Å². The number of benzene rings is 3. The zero-order valence-corrected chi connectivity index (χ0v) is 17.5. The second-order valence-electron chi connectivity index (χ2n) is 7.19. The fraction of sp³-hybridized carbons (Fsp3) is 0.0435. The maximum absolute atomic E-state index is 13.7. The molecular formula is C23H14F5N5O2. The first-order valence-electron chi connectivity index (χ1n) is 9.86. The van der Waals surface area contributed by atoms with Crippen molar-refractivity contribution in [3.05, 3.63) is 89.8 Å². The van der Waals surface area contributed by atoms with E-state index in [-0.39, 0.29) is 17.2 Å². The van der Waals surface area contributed by atoms with E-state index in [2.05, 4.69) is 20.6 Å². The monoisotopic (exact) mass is 487 g/mol. The Balaban J connectivity index is 1.50. The summed E-state index contributed by atoms with van der Waals surface area (Å²) in [5.74, 6) is -2.84. The molecule has 0 spiro atoms. The number of rotatable bonds is 4. The van der Waals surface area contributed by atoms with Gasteiger partial charge in [0.2, 0.25) is 0 Å². The highest BCUT2D eigenvalue weighted by Crippen LogP contribution is 2.32. The third kappa shape index (κ3) is 5.49. The van der Waals surface area contributed by atoms with Gasteiger partial charge in [0.25, 0.3) is 5.91 Å². The fourth-order valence-electron chi connectivity index (χ4n) is 3.15. The predicted octanol–water partition coefficient (Wildman–Crippen LogP) is 5.63. The van der Waals surface area contributed by atoms with Gasteiger partial charge in [-0.1, -0.05) is 6.07 Å². The van der Waals surface area contributed by atoms with Crippen LogP contribution in [0.5, 0.6) is 0 Å². The standard InChI is InChI=1S/C23H14F5N5O2/c24-13-4-6-16(18(25)9-13)21(34)33-22(35)32-15-5-7-17-19(10-15)29-11-30-20(17)31-14-3-1-2-12(8-14)23(26,27)28/h1-11H,(H,29,30,31)(H2,32,33,34,35). The maximum atomic E-state index is 13.7. The molecule has 0 bridgehead atoms. The SMILES string of the molecule is O=C(NC(=O)c1ccc(F)cc1F)Nc1ccc2c(Nc3cccc(C(F)(F)F)c3)ncnc2c1. The maximum Gasteiger partial charge on any atom is 0.416 e. The Hall–Kier alpha value is -4.61. The molecule has 35 heavy (non-hydrogen) atoms. The molecule has 0 atom stereocenters. The van der Waals surface area contributed by atoms with E-state index in [4.69, 9.17) is 0 Å². The molecule has 1 heterocycles. The van der Waals surface area contributed by atoms with Gasteiger partial charge in [-0.2, -0.15) is 13.2 Å². The lowest BCUT2D eigenvalue weighted by molar-refractivity contribution is -0.137. The zero-order chi connectivity index (χ0) is 25.2. The van der Waals surface area contributed by atoms with E-state index in [1.165, 1.54) is 36.7 Å². The quantitative estimate of drug-likeness (QED) is 0.324. The van der Waals surface area contributed by atoms with Crippen LogP contribution in [-0.2, 0) is 6.18 Å². The molecule has 3 aromatic carbocycles. The van der Waals surface area contributed by atoms with E-state index in [0.29, 0.717) is 17.0 Å². The molecule has 12 heteroatoms. The summed E-state index contributed by atoms with van der Waals surface area (Å²) < 4.78 is 65.6. The largest absolute Gasteiger partial charge is 0.416 e. The molecule has 0 aliphatic heterocycles. The van der Waals surface area contributed by atoms with E-state index in [0.717, 1.165) is 24.3 Å². The Labute approximate surface area is 194 Å². The number of carbonyl (C=O) groups excluding carboxylic acids is 2. The number of nitrogens with zero attached hydrogens (tertiary/aromatic N) is 2. The Morgan fingerprint density at radius 2 is 1.66 bits per heavy atom. The predicted molar refractivity (Wildman–Crippen MR) is 117 cm³/mol. The van der Waals surface area contributed by atoms with Gasteiger partial charge in [-0.15, -0.1) is 0 Å². The van der Waals surface area contributed by atoms with Crippen LogP contribution in [0.1, 0.15) is 15.9 Å². The van der Waals surface area contributed by atoms with Crippen LogP contribution in [0, 0.1) is 11.6 Å². The molecule has 4 aromatic rings. The number of imide groups is 1. The van der Waals surface area contributed by atoms with Crippen LogP contribution in [0.3, 0.4) is 0 Å². The number of alkyl halides is 3. The Morgan fingerprint density at radius 1 is 0.857 bits per heavy atom. The lowest BCUT2D eigenvalue weighted by atomic mass is 10.1. The minimum absolute atomic E-state index is 0.160. The summed E-state index contributed by atoms with van der Waals surface area (Å²) in [6.45, 7) is 0. The van der Waals surface area contributed by atoms with Crippen molar-refractivity contribution in [2.75, 3.05) is 10.6 Å². The lowest BCUT2D eigenvalue weighted by Gasteiger charge is -2.12. The summed E-state index contributed by atoms with van der Waals surface area (Å²) in [5, 5.41) is 7.57. The lowest BCUT2D eigenvalue weighted by Crippen LogP contribution is -2.34. The van der Waals surface area contributed by atoms with Gasteiger partial charge in [-0.3, -0.25) is 10.1 Å². The minimum Gasteiger partial charge on any atom is -0.340 e. The van der Waals surface area contributed by atoms with Gasteiger partial charge in [0.15, 0.2) is 0 Å². The zero-order valence-electron chi connectivity index (χ0n) is 17.5. The molecule has 4 rings (SSSR count). The van der Waals surface area contributed by atoms with Crippen LogP contribution >= 0.6 is 0 Å². The highest BCUT2D eigenvalue weighted by molar-refractivity contribution is 6.08. The van der Waals surface area contributed by atoms with Crippen molar-refractivity contribution in [3.8, 4) is 0 Å². The molecule has 1 aromatic heterocycles. The highest BCUT2D eigenvalue weighted by atomic mass is 19.4. The third-order valence-corrected chi connectivity index (χ3v) is 4.75. The van der Waals surface area contributed by atoms with E-state index in [1.807, 2.05) is 5.32 Å². The summed E-state index contributed by atoms with van der Waals surface area (Å²) in [6.07, 6.45) is -3.32. The van der Waals surface area contributed by atoms with Gasteiger partial charge in [0.05, 0.1) is 16.6 Å². The molecule has 0 aliphatic rings. The van der Waals surface area contributed by atoms with Crippen LogP contribution in [0.4, 0.5) is 43.9 Å². The molecule has 0 saturated heterocycles. The van der Waals surface area contributed by atoms with Crippen molar-refractivity contribution in [3.63, 3.8) is 0 Å². The van der Waals surface area contributed by atoms with Gasteiger partial charge >= 0.3 is 12.2 Å². The van der Waals surface area contributed by atoms with E-state index in [9.17, 15) is 31.5 Å². The first kappa shape index (κ1) is 23.5. The molecule has 0 radical (unpaired) electrons. The minimum atomic E-state index is -4.50. The number of carbonyl (C=O) groups is 2. The van der Waals surface area contributed by atoms with Gasteiger partial charge < -0.3 is 10.6 Å². The average Bonchev–Trinajstić information content (AvgIpc) is 2.78. The average molecular weight is 487 g/mol. The molecular weight excluding hydrogens is 473 g/mol. The molecule has 178 valence electrons. The number of amides is 3. The first-order chi connectivity index (χ1) is 16.6. The van der Waals surface area contributed by atoms with Crippen molar-refractivity contribution in [2.24, 2.45) is 0 Å². The van der Waals surface area contributed by atoms with Crippen LogP contribution in [0.2, 0.25) is 0 Å². The Morgan fingerprint density at radius 3 is 2.40 bits per heavy atom. The van der Waals surface area contributed by atoms with Crippen molar-refractivity contribution in [1.82, 2.24) is 15.3 Å². The fourth-order valence-corrected chi connectivity index (χ4v) is 3.15. The van der Waals surface area contributed by atoms with Crippen molar-refractivity contribution >= 4 is 40.0 Å². The molecule has 0 fully saturated rings. The van der Waals surface area contributed by atoms with Crippen LogP contribution < -0.4 is 16.0 Å². The molecule has 0 aliphatic carbocycles. The molecule has 0 unspecified atom stereocenters. The number of halogens is 5. The number of urea groups is 1.